The van der Waals surface area contributed by atoms with Crippen LogP contribution in [0.1, 0.15) is 46.5 Å². The van der Waals surface area contributed by atoms with E-state index in [1.54, 1.807) is 0 Å². The maximum absolute atomic E-state index is 5.93. The van der Waals surface area contributed by atoms with Gasteiger partial charge in [-0.05, 0) is 46.1 Å². The Labute approximate surface area is 82.5 Å². The normalized spacial score (nSPS) is 29.1. The molecule has 2 N–H and O–H groups in total. The van der Waals surface area contributed by atoms with E-state index in [2.05, 4.69) is 25.7 Å². The molecule has 1 aliphatic carbocycles. The third-order valence-electron chi connectivity index (χ3n) is 3.06. The highest BCUT2D eigenvalue weighted by atomic mass is 15.2. The Morgan fingerprint density at radius 3 is 2.46 bits per heavy atom. The first-order valence-corrected chi connectivity index (χ1v) is 5.66. The van der Waals surface area contributed by atoms with Crippen LogP contribution < -0.4 is 5.73 Å². The fourth-order valence-electron chi connectivity index (χ4n) is 2.41. The highest BCUT2D eigenvalue weighted by molar-refractivity contribution is 4.85. The van der Waals surface area contributed by atoms with E-state index in [0.717, 1.165) is 6.04 Å². The van der Waals surface area contributed by atoms with Crippen LogP contribution in [0.4, 0.5) is 0 Å². The summed E-state index contributed by atoms with van der Waals surface area (Å²) in [4.78, 5) is 2.62. The van der Waals surface area contributed by atoms with Crippen molar-refractivity contribution < 1.29 is 0 Å². The Kier molecular flexibility index (Phi) is 4.20. The van der Waals surface area contributed by atoms with Crippen molar-refractivity contribution in [1.82, 2.24) is 4.90 Å². The minimum atomic E-state index is 0.461. The monoisotopic (exact) mass is 184 g/mol. The summed E-state index contributed by atoms with van der Waals surface area (Å²) in [6, 6.07) is 1.90. The smallest absolute Gasteiger partial charge is 0.0113 e. The van der Waals surface area contributed by atoms with Crippen molar-refractivity contribution in [3.05, 3.63) is 0 Å². The molecule has 0 amide bonds. The van der Waals surface area contributed by atoms with Crippen LogP contribution in [-0.4, -0.2) is 29.6 Å². The Balaban J connectivity index is 2.44. The average molecular weight is 184 g/mol. The number of hydrogen-bond donors (Lipinski definition) is 1. The van der Waals surface area contributed by atoms with E-state index in [1.165, 1.54) is 32.2 Å². The highest BCUT2D eigenvalue weighted by Crippen LogP contribution is 2.24. The van der Waals surface area contributed by atoms with Crippen LogP contribution in [0.2, 0.25) is 0 Å². The van der Waals surface area contributed by atoms with Crippen molar-refractivity contribution in [2.24, 2.45) is 5.73 Å². The first kappa shape index (κ1) is 11.0. The van der Waals surface area contributed by atoms with Gasteiger partial charge in [0.1, 0.15) is 0 Å². The van der Waals surface area contributed by atoms with Crippen LogP contribution in [0, 0.1) is 0 Å². The van der Waals surface area contributed by atoms with Gasteiger partial charge in [-0.3, -0.25) is 4.90 Å². The van der Waals surface area contributed by atoms with E-state index < -0.39 is 0 Å². The van der Waals surface area contributed by atoms with Gasteiger partial charge in [0.15, 0.2) is 0 Å². The largest absolute Gasteiger partial charge is 0.328 e. The fourth-order valence-corrected chi connectivity index (χ4v) is 2.41. The van der Waals surface area contributed by atoms with Gasteiger partial charge >= 0.3 is 0 Å². The van der Waals surface area contributed by atoms with Crippen molar-refractivity contribution in [3.63, 3.8) is 0 Å². The molecule has 1 aliphatic rings. The summed E-state index contributed by atoms with van der Waals surface area (Å²) in [6.45, 7) is 8.07. The number of nitrogens with two attached hydrogens (primary N) is 1. The molecule has 1 fully saturated rings. The Morgan fingerprint density at radius 2 is 2.08 bits per heavy atom. The van der Waals surface area contributed by atoms with E-state index in [9.17, 15) is 0 Å². The lowest BCUT2D eigenvalue weighted by atomic mass is 10.1. The van der Waals surface area contributed by atoms with Crippen molar-refractivity contribution in [2.45, 2.75) is 64.6 Å². The van der Waals surface area contributed by atoms with Gasteiger partial charge in [-0.1, -0.05) is 6.92 Å². The molecule has 13 heavy (non-hydrogen) atoms. The van der Waals surface area contributed by atoms with Gasteiger partial charge in [-0.2, -0.15) is 0 Å². The maximum Gasteiger partial charge on any atom is 0.0113 e. The highest BCUT2D eigenvalue weighted by Gasteiger charge is 2.27. The molecule has 0 aromatic carbocycles. The molecule has 0 radical (unpaired) electrons. The molecule has 2 heteroatoms. The molecule has 0 aliphatic heterocycles. The maximum atomic E-state index is 5.93. The summed E-state index contributed by atoms with van der Waals surface area (Å²) in [6.07, 6.45) is 4.99. The van der Waals surface area contributed by atoms with Crippen LogP contribution in [0.5, 0.6) is 0 Å². The first-order chi connectivity index (χ1) is 6.15. The Morgan fingerprint density at radius 1 is 1.38 bits per heavy atom. The molecule has 2 unspecified atom stereocenters. The van der Waals surface area contributed by atoms with Gasteiger partial charge in [0.2, 0.25) is 0 Å². The molecule has 0 saturated heterocycles. The van der Waals surface area contributed by atoms with Crippen molar-refractivity contribution >= 4 is 0 Å². The van der Waals surface area contributed by atoms with Crippen LogP contribution in [-0.2, 0) is 0 Å². The summed E-state index contributed by atoms with van der Waals surface area (Å²) in [7, 11) is 0. The molecule has 2 nitrogen and oxygen atoms in total. The zero-order valence-corrected chi connectivity index (χ0v) is 9.29. The van der Waals surface area contributed by atoms with E-state index >= 15 is 0 Å². The number of nitrogens with zero attached hydrogens (tertiary/aromatic N) is 1. The van der Waals surface area contributed by atoms with Crippen molar-refractivity contribution in [3.8, 4) is 0 Å². The predicted octanol–water partition coefficient (Wildman–Crippen LogP) is 1.99. The SMILES string of the molecule is CCCN(C(C)C)C1CCC(N)C1. The van der Waals surface area contributed by atoms with Crippen molar-refractivity contribution in [2.75, 3.05) is 6.54 Å². The molecule has 2 atom stereocenters. The van der Waals surface area contributed by atoms with Gasteiger partial charge in [0.25, 0.3) is 0 Å². The summed E-state index contributed by atoms with van der Waals surface area (Å²) in [5.41, 5.74) is 5.93. The van der Waals surface area contributed by atoms with Gasteiger partial charge < -0.3 is 5.73 Å². The average Bonchev–Trinajstić information content (AvgIpc) is 2.46. The van der Waals surface area contributed by atoms with E-state index in [1.807, 2.05) is 0 Å². The number of rotatable bonds is 4. The zero-order chi connectivity index (χ0) is 9.84. The topological polar surface area (TPSA) is 29.3 Å². The standard InChI is InChI=1S/C11H24N2/c1-4-7-13(9(2)3)11-6-5-10(12)8-11/h9-11H,4-8,12H2,1-3H3. The van der Waals surface area contributed by atoms with E-state index in [0.29, 0.717) is 12.1 Å². The first-order valence-electron chi connectivity index (χ1n) is 5.66. The van der Waals surface area contributed by atoms with Crippen LogP contribution in [0.25, 0.3) is 0 Å². The summed E-state index contributed by atoms with van der Waals surface area (Å²) >= 11 is 0. The lowest BCUT2D eigenvalue weighted by Crippen LogP contribution is -2.40. The summed E-state index contributed by atoms with van der Waals surface area (Å²) in [5.74, 6) is 0. The summed E-state index contributed by atoms with van der Waals surface area (Å²) < 4.78 is 0. The summed E-state index contributed by atoms with van der Waals surface area (Å²) in [5, 5.41) is 0. The molecule has 0 spiro atoms. The fraction of sp³-hybridized carbons (Fsp3) is 1.00. The lowest BCUT2D eigenvalue weighted by Gasteiger charge is -2.32. The molecule has 1 rings (SSSR count). The van der Waals surface area contributed by atoms with Gasteiger partial charge in [-0.25, -0.2) is 0 Å². The second-order valence-corrected chi connectivity index (χ2v) is 4.56. The molecule has 0 bridgehead atoms. The molecular weight excluding hydrogens is 160 g/mol. The Hall–Kier alpha value is -0.0800. The van der Waals surface area contributed by atoms with Crippen LogP contribution in [0.3, 0.4) is 0 Å². The molecule has 0 aromatic rings. The minimum absolute atomic E-state index is 0.461. The molecule has 78 valence electrons. The van der Waals surface area contributed by atoms with Crippen LogP contribution in [0.15, 0.2) is 0 Å². The molecule has 0 aromatic heterocycles. The van der Waals surface area contributed by atoms with E-state index in [4.69, 9.17) is 5.73 Å². The molecule has 1 saturated carbocycles. The van der Waals surface area contributed by atoms with Gasteiger partial charge in [0, 0.05) is 18.1 Å². The quantitative estimate of drug-likeness (QED) is 0.724. The number of hydrogen-bond acceptors (Lipinski definition) is 2. The van der Waals surface area contributed by atoms with Gasteiger partial charge in [-0.15, -0.1) is 0 Å². The minimum Gasteiger partial charge on any atom is -0.328 e. The lowest BCUT2D eigenvalue weighted by molar-refractivity contribution is 0.154. The van der Waals surface area contributed by atoms with Gasteiger partial charge in [0.05, 0.1) is 0 Å². The second kappa shape index (κ2) is 4.97. The molecular formula is C11H24N2. The zero-order valence-electron chi connectivity index (χ0n) is 9.29. The third-order valence-corrected chi connectivity index (χ3v) is 3.06. The van der Waals surface area contributed by atoms with Crippen LogP contribution >= 0.6 is 0 Å². The molecule has 0 heterocycles. The third kappa shape index (κ3) is 2.96. The van der Waals surface area contributed by atoms with E-state index in [-0.39, 0.29) is 0 Å². The predicted molar refractivity (Wildman–Crippen MR) is 57.7 cm³/mol. The second-order valence-electron chi connectivity index (χ2n) is 4.56. The Bertz CT molecular complexity index is 145. The van der Waals surface area contributed by atoms with Crippen molar-refractivity contribution in [1.29, 1.82) is 0 Å².